The van der Waals surface area contributed by atoms with Crippen LogP contribution in [0.3, 0.4) is 0 Å². The summed E-state index contributed by atoms with van der Waals surface area (Å²) in [7, 11) is 0. The summed E-state index contributed by atoms with van der Waals surface area (Å²) in [5.74, 6) is -0.580. The average Bonchev–Trinajstić information content (AvgIpc) is 2.76. The summed E-state index contributed by atoms with van der Waals surface area (Å²) in [4.78, 5) is 24.2. The number of rotatable bonds is 8. The summed E-state index contributed by atoms with van der Waals surface area (Å²) in [5.41, 5.74) is 0.694. The molecule has 0 saturated heterocycles. The number of ether oxygens (including phenoxy) is 2. The molecule has 0 heterocycles. The number of Topliss-reactive ketones (excluding diaryl/α,β-unsaturated/α-hetero) is 1. The molecule has 0 aromatic heterocycles. The zero-order chi connectivity index (χ0) is 24.8. The molecule has 2 N–H and O–H groups in total. The van der Waals surface area contributed by atoms with Crippen LogP contribution in [-0.4, -0.2) is 24.5 Å². The molecule has 0 radical (unpaired) electrons. The molecule has 1 aliphatic carbocycles. The fraction of sp³-hybridized carbons (Fsp3) is 0.280. The first kappa shape index (κ1) is 24.9. The van der Waals surface area contributed by atoms with Gasteiger partial charge in [-0.1, -0.05) is 6.08 Å². The van der Waals surface area contributed by atoms with Gasteiger partial charge in [0.15, 0.2) is 5.76 Å². The van der Waals surface area contributed by atoms with Gasteiger partial charge in [0.1, 0.15) is 11.6 Å². The average molecular weight is 474 g/mol. The molecule has 0 bridgehead atoms. The van der Waals surface area contributed by atoms with Crippen molar-refractivity contribution in [3.63, 3.8) is 0 Å². The van der Waals surface area contributed by atoms with Gasteiger partial charge in [-0.05, 0) is 68.8 Å². The number of nitrogens with one attached hydrogen (secondary N) is 2. The van der Waals surface area contributed by atoms with E-state index in [4.69, 9.17) is 9.47 Å². The predicted octanol–water partition coefficient (Wildman–Crippen LogP) is 6.47. The van der Waals surface area contributed by atoms with Crippen LogP contribution in [0.1, 0.15) is 44.7 Å². The molecular formula is C25H25F3N2O4. The highest BCUT2D eigenvalue weighted by Crippen LogP contribution is 2.32. The van der Waals surface area contributed by atoms with Gasteiger partial charge >= 0.3 is 6.03 Å². The number of halogens is 3. The van der Waals surface area contributed by atoms with Crippen molar-refractivity contribution < 1.29 is 32.2 Å². The SMILES string of the molecule is CCOC1=CC(c2ccc(NC(=O)Nc3ccc(OC(C)C)c(C(F)F)c3)cc2F)=CCC1=O. The van der Waals surface area contributed by atoms with E-state index in [-0.39, 0.29) is 52.3 Å². The molecule has 0 fully saturated rings. The Labute approximate surface area is 195 Å². The lowest BCUT2D eigenvalue weighted by atomic mass is 9.97. The first-order chi connectivity index (χ1) is 16.2. The molecule has 0 aliphatic heterocycles. The van der Waals surface area contributed by atoms with E-state index in [1.165, 1.54) is 30.3 Å². The molecule has 34 heavy (non-hydrogen) atoms. The van der Waals surface area contributed by atoms with Gasteiger partial charge in [-0.3, -0.25) is 4.79 Å². The number of urea groups is 1. The summed E-state index contributed by atoms with van der Waals surface area (Å²) in [5, 5.41) is 4.92. The van der Waals surface area contributed by atoms with Crippen LogP contribution in [0.25, 0.3) is 5.57 Å². The van der Waals surface area contributed by atoms with Crippen molar-refractivity contribution in [1.82, 2.24) is 0 Å². The van der Waals surface area contributed by atoms with Crippen molar-refractivity contribution in [2.45, 2.75) is 39.7 Å². The molecule has 180 valence electrons. The van der Waals surface area contributed by atoms with Crippen molar-refractivity contribution in [1.29, 1.82) is 0 Å². The Kier molecular flexibility index (Phi) is 7.99. The minimum atomic E-state index is -2.79. The van der Waals surface area contributed by atoms with Gasteiger partial charge in [0.05, 0.1) is 18.3 Å². The fourth-order valence-electron chi connectivity index (χ4n) is 3.33. The van der Waals surface area contributed by atoms with Crippen LogP contribution in [0, 0.1) is 5.82 Å². The lowest BCUT2D eigenvalue weighted by Crippen LogP contribution is -2.20. The third kappa shape index (κ3) is 6.18. The number of ketones is 1. The minimum absolute atomic E-state index is 0.0360. The van der Waals surface area contributed by atoms with E-state index >= 15 is 0 Å². The molecule has 0 spiro atoms. The van der Waals surface area contributed by atoms with Crippen molar-refractivity contribution in [3.05, 3.63) is 71.3 Å². The Morgan fingerprint density at radius 1 is 1.09 bits per heavy atom. The molecule has 2 aromatic rings. The molecule has 0 unspecified atom stereocenters. The predicted molar refractivity (Wildman–Crippen MR) is 124 cm³/mol. The molecule has 1 aliphatic rings. The highest BCUT2D eigenvalue weighted by Gasteiger charge is 2.19. The van der Waals surface area contributed by atoms with E-state index in [1.807, 2.05) is 0 Å². The summed E-state index contributed by atoms with van der Waals surface area (Å²) in [6, 6.07) is 7.29. The zero-order valence-corrected chi connectivity index (χ0v) is 19.0. The Bertz CT molecular complexity index is 1140. The van der Waals surface area contributed by atoms with Gasteiger partial charge < -0.3 is 20.1 Å². The van der Waals surface area contributed by atoms with E-state index in [0.29, 0.717) is 12.2 Å². The number of carbonyl (C=O) groups excluding carboxylic acids is 2. The maximum atomic E-state index is 14.7. The molecular weight excluding hydrogens is 449 g/mol. The first-order valence-electron chi connectivity index (χ1n) is 10.7. The number of amides is 2. The van der Waals surface area contributed by atoms with E-state index in [2.05, 4.69) is 10.6 Å². The Morgan fingerprint density at radius 3 is 2.38 bits per heavy atom. The second kappa shape index (κ2) is 10.9. The third-order valence-electron chi connectivity index (χ3n) is 4.77. The maximum absolute atomic E-state index is 14.7. The maximum Gasteiger partial charge on any atom is 0.323 e. The van der Waals surface area contributed by atoms with Crippen LogP contribution >= 0.6 is 0 Å². The van der Waals surface area contributed by atoms with Gasteiger partial charge in [0.2, 0.25) is 5.78 Å². The number of hydrogen-bond donors (Lipinski definition) is 2. The number of carbonyl (C=O) groups is 2. The monoisotopic (exact) mass is 474 g/mol. The second-order valence-electron chi connectivity index (χ2n) is 7.72. The highest BCUT2D eigenvalue weighted by molar-refractivity contribution is 6.02. The number of anilines is 2. The fourth-order valence-corrected chi connectivity index (χ4v) is 3.33. The van der Waals surface area contributed by atoms with Gasteiger partial charge in [0.25, 0.3) is 6.43 Å². The lowest BCUT2D eigenvalue weighted by molar-refractivity contribution is -0.118. The smallest absolute Gasteiger partial charge is 0.323 e. The van der Waals surface area contributed by atoms with Crippen LogP contribution in [0.15, 0.2) is 54.3 Å². The second-order valence-corrected chi connectivity index (χ2v) is 7.72. The highest BCUT2D eigenvalue weighted by atomic mass is 19.3. The summed E-state index contributed by atoms with van der Waals surface area (Å²) < 4.78 is 52.2. The van der Waals surface area contributed by atoms with Crippen LogP contribution in [0.4, 0.5) is 29.3 Å². The number of hydrogen-bond acceptors (Lipinski definition) is 4. The molecule has 9 heteroatoms. The molecule has 2 amide bonds. The van der Waals surface area contributed by atoms with Gasteiger partial charge in [-0.2, -0.15) is 0 Å². The minimum Gasteiger partial charge on any atom is -0.491 e. The van der Waals surface area contributed by atoms with Gasteiger partial charge in [0, 0.05) is 23.4 Å². The Morgan fingerprint density at radius 2 is 1.76 bits per heavy atom. The van der Waals surface area contributed by atoms with Crippen molar-refractivity contribution in [2.75, 3.05) is 17.2 Å². The Hall–Kier alpha value is -3.75. The lowest BCUT2D eigenvalue weighted by Gasteiger charge is -2.16. The number of benzene rings is 2. The first-order valence-corrected chi connectivity index (χ1v) is 10.7. The number of allylic oxidation sites excluding steroid dienone is 4. The molecule has 0 atom stereocenters. The van der Waals surface area contributed by atoms with Crippen LogP contribution in [0.2, 0.25) is 0 Å². The molecule has 2 aromatic carbocycles. The summed E-state index contributed by atoms with van der Waals surface area (Å²) >= 11 is 0. The van der Waals surface area contributed by atoms with Crippen molar-refractivity contribution in [3.8, 4) is 5.75 Å². The van der Waals surface area contributed by atoms with Crippen LogP contribution in [-0.2, 0) is 9.53 Å². The number of alkyl halides is 2. The standard InChI is InChI=1S/C25H25F3N2O4/c1-4-33-23-11-15(5-9-21(23)31)18-8-6-17(13-20(18)26)30-25(32)29-16-7-10-22(34-14(2)3)19(12-16)24(27)28/h5-8,10-14,24H,4,9H2,1-3H3,(H2,29,30,32). The largest absolute Gasteiger partial charge is 0.491 e. The van der Waals surface area contributed by atoms with E-state index in [1.54, 1.807) is 26.8 Å². The quantitative estimate of drug-likeness (QED) is 0.460. The third-order valence-corrected chi connectivity index (χ3v) is 4.77. The normalized spacial score (nSPS) is 13.5. The molecule has 3 rings (SSSR count). The van der Waals surface area contributed by atoms with E-state index in [9.17, 15) is 22.8 Å². The zero-order valence-electron chi connectivity index (χ0n) is 19.0. The van der Waals surface area contributed by atoms with Crippen molar-refractivity contribution >= 4 is 28.8 Å². The van der Waals surface area contributed by atoms with E-state index < -0.39 is 18.3 Å². The van der Waals surface area contributed by atoms with Crippen molar-refractivity contribution in [2.24, 2.45) is 0 Å². The van der Waals surface area contributed by atoms with E-state index in [0.717, 1.165) is 12.1 Å². The van der Waals surface area contributed by atoms with Gasteiger partial charge in [-0.25, -0.2) is 18.0 Å². The van der Waals surface area contributed by atoms with Crippen LogP contribution < -0.4 is 15.4 Å². The summed E-state index contributed by atoms with van der Waals surface area (Å²) in [6.07, 6.45) is 0.118. The van der Waals surface area contributed by atoms with Crippen LogP contribution in [0.5, 0.6) is 5.75 Å². The molecule has 6 nitrogen and oxygen atoms in total. The molecule has 0 saturated carbocycles. The topological polar surface area (TPSA) is 76.7 Å². The van der Waals surface area contributed by atoms with Gasteiger partial charge in [-0.15, -0.1) is 0 Å². The summed E-state index contributed by atoms with van der Waals surface area (Å²) in [6.45, 7) is 5.51. The Balaban J connectivity index is 1.71.